The molecule has 2 heterocycles. The number of carbonyl (C=O) groups is 1. The number of nitrogens with zero attached hydrogens (tertiary/aromatic N) is 3. The van der Waals surface area contributed by atoms with E-state index in [0.29, 0.717) is 22.6 Å². The van der Waals surface area contributed by atoms with Crippen LogP contribution >= 0.6 is 11.6 Å². The quantitative estimate of drug-likeness (QED) is 0.789. The van der Waals surface area contributed by atoms with Gasteiger partial charge in [0.2, 0.25) is 5.95 Å². The van der Waals surface area contributed by atoms with E-state index < -0.39 is 5.97 Å². The van der Waals surface area contributed by atoms with Gasteiger partial charge in [0, 0.05) is 29.7 Å². The fourth-order valence-electron chi connectivity index (χ4n) is 4.66. The van der Waals surface area contributed by atoms with Crippen LogP contribution < -0.4 is 4.90 Å². The summed E-state index contributed by atoms with van der Waals surface area (Å²) < 4.78 is 0. The molecule has 0 unspecified atom stereocenters. The van der Waals surface area contributed by atoms with Crippen LogP contribution in [0.15, 0.2) is 30.5 Å². The smallest absolute Gasteiger partial charge is 0.339 e. The monoisotopic (exact) mass is 399 g/mol. The van der Waals surface area contributed by atoms with E-state index >= 15 is 0 Å². The van der Waals surface area contributed by atoms with Gasteiger partial charge in [-0.15, -0.1) is 0 Å². The molecule has 2 aliphatic rings. The number of anilines is 1. The second kappa shape index (κ2) is 7.70. The number of piperidine rings is 1. The summed E-state index contributed by atoms with van der Waals surface area (Å²) in [7, 11) is 0. The second-order valence-corrected chi connectivity index (χ2v) is 8.64. The van der Waals surface area contributed by atoms with Gasteiger partial charge in [-0.25, -0.2) is 14.8 Å². The topological polar surface area (TPSA) is 66.3 Å². The van der Waals surface area contributed by atoms with Gasteiger partial charge in [-0.2, -0.15) is 0 Å². The minimum Gasteiger partial charge on any atom is -0.478 e. The molecule has 1 N–H and O–H groups in total. The molecule has 1 aromatic heterocycles. The molecule has 0 amide bonds. The molecule has 148 valence electrons. The molecular weight excluding hydrogens is 374 g/mol. The van der Waals surface area contributed by atoms with Gasteiger partial charge in [0.25, 0.3) is 0 Å². The summed E-state index contributed by atoms with van der Waals surface area (Å²) in [5.74, 6) is 0.408. The minimum absolute atomic E-state index is 0.214. The lowest BCUT2D eigenvalue weighted by Crippen LogP contribution is -2.36. The van der Waals surface area contributed by atoms with E-state index in [4.69, 9.17) is 16.6 Å². The van der Waals surface area contributed by atoms with Gasteiger partial charge < -0.3 is 10.0 Å². The summed E-state index contributed by atoms with van der Waals surface area (Å²) in [6, 6.07) is 7.80. The summed E-state index contributed by atoms with van der Waals surface area (Å²) in [5, 5.41) is 10.5. The van der Waals surface area contributed by atoms with Gasteiger partial charge in [0.1, 0.15) is 5.56 Å². The molecule has 1 saturated heterocycles. The minimum atomic E-state index is -0.964. The summed E-state index contributed by atoms with van der Waals surface area (Å²) in [6.45, 7) is 4.10. The molecule has 1 aromatic carbocycles. The van der Waals surface area contributed by atoms with Crippen molar-refractivity contribution in [2.24, 2.45) is 5.92 Å². The van der Waals surface area contributed by atoms with Crippen molar-refractivity contribution in [2.45, 2.75) is 50.9 Å². The highest BCUT2D eigenvalue weighted by Gasteiger charge is 2.42. The molecule has 0 spiro atoms. The first-order valence-electron chi connectivity index (χ1n) is 10.1. The first-order valence-corrected chi connectivity index (χ1v) is 10.5. The van der Waals surface area contributed by atoms with Crippen LogP contribution in [0.25, 0.3) is 0 Å². The third kappa shape index (κ3) is 3.48. The van der Waals surface area contributed by atoms with Crippen LogP contribution in [0.5, 0.6) is 0 Å². The van der Waals surface area contributed by atoms with Crippen molar-refractivity contribution in [3.05, 3.63) is 52.3 Å². The van der Waals surface area contributed by atoms with Gasteiger partial charge in [0.05, 0.1) is 5.69 Å². The Kier molecular flexibility index (Phi) is 5.28. The summed E-state index contributed by atoms with van der Waals surface area (Å²) in [4.78, 5) is 23.5. The van der Waals surface area contributed by atoms with Crippen molar-refractivity contribution >= 4 is 23.5 Å². The zero-order valence-corrected chi connectivity index (χ0v) is 17.0. The maximum atomic E-state index is 12.0. The van der Waals surface area contributed by atoms with Gasteiger partial charge in [0.15, 0.2) is 0 Å². The fraction of sp³-hybridized carbons (Fsp3) is 0.500. The van der Waals surface area contributed by atoms with Crippen LogP contribution in [-0.2, 0) is 5.41 Å². The summed E-state index contributed by atoms with van der Waals surface area (Å²) in [5.41, 5.74) is 1.57. The van der Waals surface area contributed by atoms with E-state index in [2.05, 4.69) is 16.8 Å². The first kappa shape index (κ1) is 19.2. The lowest BCUT2D eigenvalue weighted by Gasteiger charge is -2.33. The van der Waals surface area contributed by atoms with E-state index in [1.165, 1.54) is 6.20 Å². The van der Waals surface area contributed by atoms with Crippen molar-refractivity contribution in [2.75, 3.05) is 18.0 Å². The molecular formula is C22H26ClN3O2. The van der Waals surface area contributed by atoms with E-state index in [1.807, 2.05) is 24.3 Å². The van der Waals surface area contributed by atoms with E-state index in [1.54, 1.807) is 0 Å². The largest absolute Gasteiger partial charge is 0.478 e. The first-order chi connectivity index (χ1) is 13.5. The summed E-state index contributed by atoms with van der Waals surface area (Å²) in [6.07, 6.45) is 7.63. The van der Waals surface area contributed by atoms with Crippen molar-refractivity contribution < 1.29 is 9.90 Å². The number of benzene rings is 1. The molecule has 2 fully saturated rings. The lowest BCUT2D eigenvalue weighted by molar-refractivity contribution is 0.0693. The highest BCUT2D eigenvalue weighted by molar-refractivity contribution is 6.30. The fourth-order valence-corrected chi connectivity index (χ4v) is 4.79. The van der Waals surface area contributed by atoms with Crippen molar-refractivity contribution in [3.8, 4) is 0 Å². The average molecular weight is 400 g/mol. The number of carboxylic acid groups (broad SMARTS) is 1. The molecule has 2 aromatic rings. The Morgan fingerprint density at radius 1 is 1.18 bits per heavy atom. The Morgan fingerprint density at radius 3 is 2.43 bits per heavy atom. The average Bonchev–Trinajstić information content (AvgIpc) is 3.19. The van der Waals surface area contributed by atoms with Crippen LogP contribution in [0.4, 0.5) is 5.95 Å². The number of hydrogen-bond acceptors (Lipinski definition) is 4. The molecule has 0 bridgehead atoms. The number of rotatable bonds is 4. The number of aromatic nitrogens is 2. The zero-order valence-electron chi connectivity index (χ0n) is 16.2. The van der Waals surface area contributed by atoms with Crippen molar-refractivity contribution in [1.29, 1.82) is 0 Å². The molecule has 0 radical (unpaired) electrons. The lowest BCUT2D eigenvalue weighted by atomic mass is 9.74. The van der Waals surface area contributed by atoms with Crippen LogP contribution in [-0.4, -0.2) is 34.1 Å². The molecule has 1 aliphatic carbocycles. The van der Waals surface area contributed by atoms with Crippen molar-refractivity contribution in [1.82, 2.24) is 9.97 Å². The Bertz CT molecular complexity index is 855. The number of aromatic carboxylic acids is 1. The molecule has 1 aliphatic heterocycles. The Hall–Kier alpha value is -2.14. The predicted molar refractivity (Wildman–Crippen MR) is 110 cm³/mol. The highest BCUT2D eigenvalue weighted by Crippen LogP contribution is 2.47. The summed E-state index contributed by atoms with van der Waals surface area (Å²) >= 11 is 6.10. The normalized spacial score (nSPS) is 19.7. The molecule has 0 atom stereocenters. The van der Waals surface area contributed by atoms with Crippen LogP contribution in [0.3, 0.4) is 0 Å². The van der Waals surface area contributed by atoms with Gasteiger partial charge in [-0.3, -0.25) is 0 Å². The van der Waals surface area contributed by atoms with E-state index in [-0.39, 0.29) is 11.0 Å². The third-order valence-electron chi connectivity index (χ3n) is 6.38. The molecule has 4 rings (SSSR count). The highest BCUT2D eigenvalue weighted by atomic mass is 35.5. The molecule has 6 heteroatoms. The Labute approximate surface area is 170 Å². The van der Waals surface area contributed by atoms with Gasteiger partial charge in [-0.05, 0) is 49.3 Å². The zero-order chi connectivity index (χ0) is 19.7. The maximum Gasteiger partial charge on any atom is 0.339 e. The van der Waals surface area contributed by atoms with Crippen LogP contribution in [0.1, 0.15) is 67.1 Å². The van der Waals surface area contributed by atoms with E-state index in [9.17, 15) is 9.90 Å². The third-order valence-corrected chi connectivity index (χ3v) is 6.63. The van der Waals surface area contributed by atoms with Crippen LogP contribution in [0, 0.1) is 5.92 Å². The van der Waals surface area contributed by atoms with Crippen LogP contribution in [0.2, 0.25) is 5.02 Å². The number of hydrogen-bond donors (Lipinski definition) is 1. The maximum absolute atomic E-state index is 12.0. The number of halogens is 1. The Morgan fingerprint density at radius 2 is 1.82 bits per heavy atom. The van der Waals surface area contributed by atoms with E-state index in [0.717, 1.165) is 57.2 Å². The second-order valence-electron chi connectivity index (χ2n) is 8.20. The van der Waals surface area contributed by atoms with Gasteiger partial charge >= 0.3 is 5.97 Å². The standard InChI is InChI=1S/C22H26ClN3O2/c1-15-8-12-26(13-9-15)21-24-14-18(20(27)28)19(25-21)22(10-2-3-11-22)16-4-6-17(23)7-5-16/h4-7,14-15H,2-3,8-13H2,1H3,(H,27,28). The SMILES string of the molecule is CC1CCN(c2ncc(C(=O)O)c(C3(c4ccc(Cl)cc4)CCCC3)n2)CC1. The predicted octanol–water partition coefficient (Wildman–Crippen LogP) is 4.92. The van der Waals surface area contributed by atoms with Crippen molar-refractivity contribution in [3.63, 3.8) is 0 Å². The number of carboxylic acids is 1. The Balaban J connectivity index is 1.81. The van der Waals surface area contributed by atoms with Gasteiger partial charge in [-0.1, -0.05) is 43.5 Å². The molecule has 28 heavy (non-hydrogen) atoms. The molecule has 5 nitrogen and oxygen atoms in total. The molecule has 1 saturated carbocycles.